The van der Waals surface area contributed by atoms with Gasteiger partial charge in [-0.3, -0.25) is 5.41 Å². The molecule has 0 unspecified atom stereocenters. The second-order valence-corrected chi connectivity index (χ2v) is 1.40. The van der Waals surface area contributed by atoms with Crippen molar-refractivity contribution in [1.29, 1.82) is 5.41 Å². The zero-order valence-corrected chi connectivity index (χ0v) is 5.53. The molecule has 7 heteroatoms. The quantitative estimate of drug-likeness (QED) is 0.0743. The van der Waals surface area contributed by atoms with Crippen LogP contribution in [0.3, 0.4) is 0 Å². The van der Waals surface area contributed by atoms with Crippen LogP contribution in [0, 0.1) is 5.41 Å². The van der Waals surface area contributed by atoms with Crippen molar-refractivity contribution in [3.05, 3.63) is 0 Å². The molecule has 0 rings (SSSR count). The lowest BCUT2D eigenvalue weighted by Crippen LogP contribution is -2.34. The average Bonchev–Trinajstić information content (AvgIpc) is 1.65. The molecule has 0 amide bonds. The molecule has 0 aliphatic carbocycles. The van der Waals surface area contributed by atoms with Gasteiger partial charge in [0.25, 0.3) is 0 Å². The Bertz CT molecular complexity index is 95.2. The summed E-state index contributed by atoms with van der Waals surface area (Å²) in [5.41, 5.74) is 15.8. The van der Waals surface area contributed by atoms with Crippen molar-refractivity contribution in [2.45, 2.75) is 0 Å². The Morgan fingerprint density at radius 1 is 1.33 bits per heavy atom. The van der Waals surface area contributed by atoms with Crippen LogP contribution in [0.4, 0.5) is 0 Å². The third-order valence-electron chi connectivity index (χ3n) is 0.142. The van der Waals surface area contributed by atoms with Crippen LogP contribution >= 0.6 is 12.2 Å². The molecule has 0 saturated heterocycles. The fourth-order valence-corrected chi connectivity index (χ4v) is 0. The molecule has 9 heavy (non-hydrogen) atoms. The molecule has 0 aromatic heterocycles. The first-order chi connectivity index (χ1) is 4.00. The van der Waals surface area contributed by atoms with Gasteiger partial charge in [0.1, 0.15) is 0 Å². The van der Waals surface area contributed by atoms with Gasteiger partial charge in [0.05, 0.1) is 0 Å². The van der Waals surface area contributed by atoms with Crippen molar-refractivity contribution in [1.82, 2.24) is 5.43 Å². The van der Waals surface area contributed by atoms with E-state index in [0.717, 1.165) is 0 Å². The van der Waals surface area contributed by atoms with E-state index in [4.69, 9.17) is 11.1 Å². The summed E-state index contributed by atoms with van der Waals surface area (Å²) in [7, 11) is 0. The Morgan fingerprint density at radius 2 is 1.44 bits per heavy atom. The lowest BCUT2D eigenvalue weighted by atomic mass is 11.1. The molecule has 0 aliphatic rings. The highest BCUT2D eigenvalue weighted by molar-refractivity contribution is 7.80. The molecular formula is C2H10N6S. The topological polar surface area (TPSA) is 140 Å². The maximum atomic E-state index is 6.06. The van der Waals surface area contributed by atoms with E-state index < -0.39 is 0 Å². The average molecular weight is 150 g/mol. The van der Waals surface area contributed by atoms with Gasteiger partial charge >= 0.3 is 0 Å². The number of rotatable bonds is 0. The number of hydrogen-bond acceptors (Lipinski definition) is 3. The third-order valence-corrected chi connectivity index (χ3v) is 0.260. The number of hydrazine groups is 1. The normalized spacial score (nSPS) is 6.33. The van der Waals surface area contributed by atoms with E-state index in [2.05, 4.69) is 29.5 Å². The fraction of sp³-hybridized carbons (Fsp3) is 0. The molecule has 0 aromatic carbocycles. The predicted molar refractivity (Wildman–Crippen MR) is 40.2 cm³/mol. The Kier molecular flexibility index (Phi) is 8.32. The summed E-state index contributed by atoms with van der Waals surface area (Å²) < 4.78 is 0. The molecule has 6 nitrogen and oxygen atoms in total. The van der Waals surface area contributed by atoms with Crippen molar-refractivity contribution in [3.8, 4) is 0 Å². The van der Waals surface area contributed by atoms with Gasteiger partial charge in [-0.05, 0) is 12.2 Å². The standard InChI is InChI=1S/CH5N3S.CH5N3/c2-1(5)4-3;2-1(3)4/h3H2,(H3,2,4,5);(H5,2,3,4). The molecule has 0 heterocycles. The predicted octanol–water partition coefficient (Wildman–Crippen LogP) is -2.47. The molecule has 0 saturated carbocycles. The van der Waals surface area contributed by atoms with Gasteiger partial charge in [-0.25, -0.2) is 5.84 Å². The molecule has 0 aromatic rings. The molecule has 0 bridgehead atoms. The van der Waals surface area contributed by atoms with Gasteiger partial charge in [-0.2, -0.15) is 0 Å². The summed E-state index contributed by atoms with van der Waals surface area (Å²) in [5.74, 6) is 4.32. The van der Waals surface area contributed by atoms with Crippen LogP contribution in [0.25, 0.3) is 0 Å². The van der Waals surface area contributed by atoms with Crippen molar-refractivity contribution < 1.29 is 0 Å². The van der Waals surface area contributed by atoms with Crippen molar-refractivity contribution >= 4 is 23.3 Å². The Morgan fingerprint density at radius 3 is 1.44 bits per heavy atom. The highest BCUT2D eigenvalue weighted by Gasteiger charge is 1.66. The van der Waals surface area contributed by atoms with E-state index in [-0.39, 0.29) is 11.1 Å². The summed E-state index contributed by atoms with van der Waals surface area (Å²) in [6.45, 7) is 0. The lowest BCUT2D eigenvalue weighted by molar-refractivity contribution is 1.03. The summed E-state index contributed by atoms with van der Waals surface area (Å²) >= 11 is 4.24. The molecule has 10 N–H and O–H groups in total. The smallest absolute Gasteiger partial charge is 0.183 e. The van der Waals surface area contributed by atoms with Gasteiger partial charge in [0.2, 0.25) is 0 Å². The van der Waals surface area contributed by atoms with Crippen LogP contribution in [0.1, 0.15) is 0 Å². The highest BCUT2D eigenvalue weighted by atomic mass is 32.1. The lowest BCUT2D eigenvalue weighted by Gasteiger charge is -1.85. The van der Waals surface area contributed by atoms with Crippen LogP contribution < -0.4 is 28.5 Å². The summed E-state index contributed by atoms with van der Waals surface area (Å²) in [6.07, 6.45) is 0. The van der Waals surface area contributed by atoms with Gasteiger partial charge in [0, 0.05) is 0 Å². The first kappa shape index (κ1) is 10.8. The Balaban J connectivity index is 0. The van der Waals surface area contributed by atoms with Crippen LogP contribution in [-0.4, -0.2) is 11.1 Å². The van der Waals surface area contributed by atoms with Gasteiger partial charge in [-0.15, -0.1) is 0 Å². The maximum absolute atomic E-state index is 6.06. The van der Waals surface area contributed by atoms with E-state index in [9.17, 15) is 0 Å². The molecule has 54 valence electrons. The SMILES string of the molecule is N=C(N)N.NNC(N)=S. The van der Waals surface area contributed by atoms with E-state index in [1.807, 2.05) is 5.43 Å². The minimum Gasteiger partial charge on any atom is -0.375 e. The van der Waals surface area contributed by atoms with Crippen LogP contribution in [0.2, 0.25) is 0 Å². The molecule has 0 aliphatic heterocycles. The van der Waals surface area contributed by atoms with Gasteiger partial charge in [0.15, 0.2) is 11.1 Å². The zero-order chi connectivity index (χ0) is 7.86. The second kappa shape index (κ2) is 6.92. The maximum Gasteiger partial charge on any atom is 0.183 e. The highest BCUT2D eigenvalue weighted by Crippen LogP contribution is 1.40. The summed E-state index contributed by atoms with van der Waals surface area (Å²) in [4.78, 5) is 0. The van der Waals surface area contributed by atoms with Crippen molar-refractivity contribution in [2.75, 3.05) is 0 Å². The molecule has 0 spiro atoms. The first-order valence-corrected chi connectivity index (χ1v) is 2.27. The number of nitrogens with one attached hydrogen (secondary N) is 2. The Hall–Kier alpha value is -1.08. The Labute approximate surface area is 58.0 Å². The number of hydrogen-bond donors (Lipinski definition) is 6. The van der Waals surface area contributed by atoms with E-state index in [1.54, 1.807) is 0 Å². The molecular weight excluding hydrogens is 140 g/mol. The van der Waals surface area contributed by atoms with Crippen molar-refractivity contribution in [3.63, 3.8) is 0 Å². The van der Waals surface area contributed by atoms with Crippen LogP contribution in [0.5, 0.6) is 0 Å². The number of guanidine groups is 1. The third kappa shape index (κ3) is 198. The summed E-state index contributed by atoms with van der Waals surface area (Å²) in [6, 6.07) is 0. The number of nitrogens with two attached hydrogens (primary N) is 4. The van der Waals surface area contributed by atoms with E-state index in [1.165, 1.54) is 0 Å². The fourth-order valence-electron chi connectivity index (χ4n) is 0. The molecule has 0 atom stereocenters. The monoisotopic (exact) mass is 150 g/mol. The van der Waals surface area contributed by atoms with E-state index in [0.29, 0.717) is 0 Å². The summed E-state index contributed by atoms with van der Waals surface area (Å²) in [5, 5.41) is 6.17. The van der Waals surface area contributed by atoms with Crippen LogP contribution in [-0.2, 0) is 0 Å². The molecule has 0 radical (unpaired) electrons. The van der Waals surface area contributed by atoms with Crippen LogP contribution in [0.15, 0.2) is 0 Å². The largest absolute Gasteiger partial charge is 0.375 e. The second-order valence-electron chi connectivity index (χ2n) is 0.964. The first-order valence-electron chi connectivity index (χ1n) is 1.86. The molecule has 0 fully saturated rings. The van der Waals surface area contributed by atoms with Gasteiger partial charge in [-0.1, -0.05) is 0 Å². The minimum atomic E-state index is -0.333. The van der Waals surface area contributed by atoms with Crippen molar-refractivity contribution in [2.24, 2.45) is 23.0 Å². The van der Waals surface area contributed by atoms with E-state index >= 15 is 0 Å². The number of thiocarbonyl (C=S) groups is 1. The minimum absolute atomic E-state index is 0.116. The van der Waals surface area contributed by atoms with Gasteiger partial charge < -0.3 is 22.6 Å². The zero-order valence-electron chi connectivity index (χ0n) is 4.72.